The average molecular weight is 346 g/mol. The van der Waals surface area contributed by atoms with E-state index in [9.17, 15) is 4.39 Å². The number of rotatable bonds is 2. The summed E-state index contributed by atoms with van der Waals surface area (Å²) < 4.78 is 13.3. The predicted molar refractivity (Wildman–Crippen MR) is 101 cm³/mol. The van der Waals surface area contributed by atoms with Gasteiger partial charge in [0.25, 0.3) is 0 Å². The van der Waals surface area contributed by atoms with E-state index < -0.39 is 0 Å². The van der Waals surface area contributed by atoms with Crippen LogP contribution in [0.3, 0.4) is 0 Å². The van der Waals surface area contributed by atoms with Gasteiger partial charge >= 0.3 is 0 Å². The smallest absolute Gasteiger partial charge is 0.161 e. The van der Waals surface area contributed by atoms with Gasteiger partial charge < -0.3 is 4.90 Å². The molecule has 1 heterocycles. The largest absolute Gasteiger partial charge is 0.362 e. The molecule has 1 aromatic heterocycles. The lowest BCUT2D eigenvalue weighted by atomic mass is 9.89. The first kappa shape index (κ1) is 16.4. The lowest BCUT2D eigenvalue weighted by Crippen LogP contribution is -2.23. The Morgan fingerprint density at radius 1 is 1.00 bits per heavy atom. The molecule has 0 atom stereocenters. The molecule has 1 aliphatic carbocycles. The number of halogens is 1. The molecule has 0 N–H and O–H groups in total. The van der Waals surface area contributed by atoms with E-state index in [-0.39, 0.29) is 5.82 Å². The van der Waals surface area contributed by atoms with Gasteiger partial charge in [-0.1, -0.05) is 24.3 Å². The van der Waals surface area contributed by atoms with Gasteiger partial charge in [0.2, 0.25) is 0 Å². The molecule has 0 fully saturated rings. The molecule has 4 nitrogen and oxygen atoms in total. The van der Waals surface area contributed by atoms with E-state index in [1.165, 1.54) is 17.7 Å². The molecule has 0 saturated heterocycles. The summed E-state index contributed by atoms with van der Waals surface area (Å²) in [6.07, 6.45) is 3.38. The lowest BCUT2D eigenvalue weighted by molar-refractivity contribution is 0.619. The minimum absolute atomic E-state index is 0.261. The number of aromatic nitrogens is 2. The van der Waals surface area contributed by atoms with Crippen LogP contribution in [0.25, 0.3) is 11.3 Å². The van der Waals surface area contributed by atoms with E-state index in [1.807, 2.05) is 25.1 Å². The molecule has 3 aromatic rings. The first-order valence-corrected chi connectivity index (χ1v) is 8.57. The standard InChI is InChI=1S/C21H19FN4/c1-26(2)21(15-7-10-16(22)11-8-15)25-20-18-12-9-14-5-3-4-6-17(14)19(18)23-13-24-20/h3-8,10-11,13H,9,12H2,1-2H3. The van der Waals surface area contributed by atoms with Gasteiger partial charge in [-0.15, -0.1) is 0 Å². The van der Waals surface area contributed by atoms with Crippen molar-refractivity contribution < 1.29 is 4.39 Å². The van der Waals surface area contributed by atoms with Gasteiger partial charge in [-0.25, -0.2) is 19.4 Å². The topological polar surface area (TPSA) is 41.4 Å². The zero-order chi connectivity index (χ0) is 18.1. The molecule has 2 aromatic carbocycles. The maximum Gasteiger partial charge on any atom is 0.161 e. The van der Waals surface area contributed by atoms with Crippen LogP contribution < -0.4 is 0 Å². The zero-order valence-corrected chi connectivity index (χ0v) is 14.8. The molecular weight excluding hydrogens is 327 g/mol. The van der Waals surface area contributed by atoms with Gasteiger partial charge in [-0.3, -0.25) is 0 Å². The Labute approximate surface area is 152 Å². The van der Waals surface area contributed by atoms with E-state index >= 15 is 0 Å². The van der Waals surface area contributed by atoms with Crippen molar-refractivity contribution in [1.82, 2.24) is 14.9 Å². The van der Waals surface area contributed by atoms with Crippen molar-refractivity contribution in [3.63, 3.8) is 0 Å². The number of amidine groups is 1. The van der Waals surface area contributed by atoms with Crippen LogP contribution >= 0.6 is 0 Å². The van der Waals surface area contributed by atoms with Gasteiger partial charge in [0.1, 0.15) is 18.0 Å². The van der Waals surface area contributed by atoms with Crippen LogP contribution in [0.5, 0.6) is 0 Å². The Balaban J connectivity index is 1.84. The normalized spacial score (nSPS) is 13.1. The SMILES string of the molecule is CN(C)C(=Nc1ncnc2c1CCc1ccccc1-2)c1ccc(F)cc1. The summed E-state index contributed by atoms with van der Waals surface area (Å²) in [6, 6.07) is 14.7. The van der Waals surface area contributed by atoms with E-state index in [2.05, 4.69) is 28.2 Å². The second-order valence-corrected chi connectivity index (χ2v) is 6.52. The lowest BCUT2D eigenvalue weighted by Gasteiger charge is -2.21. The summed E-state index contributed by atoms with van der Waals surface area (Å²) >= 11 is 0. The molecular formula is C21H19FN4. The highest BCUT2D eigenvalue weighted by Gasteiger charge is 2.21. The van der Waals surface area contributed by atoms with E-state index in [1.54, 1.807) is 18.5 Å². The molecule has 0 bridgehead atoms. The Bertz CT molecular complexity index is 978. The van der Waals surface area contributed by atoms with Crippen molar-refractivity contribution in [1.29, 1.82) is 0 Å². The number of hydrogen-bond acceptors (Lipinski definition) is 3. The average Bonchev–Trinajstić information content (AvgIpc) is 2.66. The van der Waals surface area contributed by atoms with Crippen molar-refractivity contribution in [2.75, 3.05) is 14.1 Å². The number of aliphatic imine (C=N–C) groups is 1. The van der Waals surface area contributed by atoms with Gasteiger partial charge in [-0.2, -0.15) is 0 Å². The van der Waals surface area contributed by atoms with Crippen molar-refractivity contribution in [2.45, 2.75) is 12.8 Å². The number of nitrogens with zero attached hydrogens (tertiary/aromatic N) is 4. The Morgan fingerprint density at radius 3 is 2.54 bits per heavy atom. The van der Waals surface area contributed by atoms with Crippen LogP contribution in [-0.2, 0) is 12.8 Å². The molecule has 4 rings (SSSR count). The quantitative estimate of drug-likeness (QED) is 0.520. The van der Waals surface area contributed by atoms with Crippen LogP contribution in [0.1, 0.15) is 16.7 Å². The van der Waals surface area contributed by atoms with E-state index in [0.717, 1.165) is 41.1 Å². The first-order chi connectivity index (χ1) is 12.6. The molecule has 0 radical (unpaired) electrons. The molecule has 5 heteroatoms. The molecule has 0 saturated carbocycles. The molecule has 0 spiro atoms. The number of benzene rings is 2. The van der Waals surface area contributed by atoms with Gasteiger partial charge in [-0.05, 0) is 42.7 Å². The zero-order valence-electron chi connectivity index (χ0n) is 14.8. The maximum absolute atomic E-state index is 13.3. The monoisotopic (exact) mass is 346 g/mol. The van der Waals surface area contributed by atoms with Gasteiger partial charge in [0.05, 0.1) is 5.69 Å². The third-order valence-electron chi connectivity index (χ3n) is 4.58. The van der Waals surface area contributed by atoms with Crippen molar-refractivity contribution in [3.05, 3.63) is 77.4 Å². The van der Waals surface area contributed by atoms with Crippen molar-refractivity contribution in [3.8, 4) is 11.3 Å². The highest BCUT2D eigenvalue weighted by atomic mass is 19.1. The maximum atomic E-state index is 13.3. The highest BCUT2D eigenvalue weighted by molar-refractivity contribution is 6.00. The summed E-state index contributed by atoms with van der Waals surface area (Å²) in [5.74, 6) is 1.16. The van der Waals surface area contributed by atoms with Crippen LogP contribution in [0.15, 0.2) is 59.9 Å². The fourth-order valence-electron chi connectivity index (χ4n) is 3.31. The molecule has 26 heavy (non-hydrogen) atoms. The van der Waals surface area contributed by atoms with Crippen LogP contribution in [0, 0.1) is 5.82 Å². The summed E-state index contributed by atoms with van der Waals surface area (Å²) in [7, 11) is 3.84. The van der Waals surface area contributed by atoms with Crippen LogP contribution in [0.2, 0.25) is 0 Å². The van der Waals surface area contributed by atoms with Gasteiger partial charge in [0.15, 0.2) is 5.82 Å². The summed E-state index contributed by atoms with van der Waals surface area (Å²) in [4.78, 5) is 15.7. The third kappa shape index (κ3) is 2.96. The van der Waals surface area contributed by atoms with Gasteiger partial charge in [0, 0.05) is 30.8 Å². The fraction of sp³-hybridized carbons (Fsp3) is 0.190. The molecule has 0 unspecified atom stereocenters. The molecule has 1 aliphatic rings. The number of fused-ring (bicyclic) bond motifs is 3. The van der Waals surface area contributed by atoms with Crippen molar-refractivity contribution in [2.24, 2.45) is 4.99 Å². The Morgan fingerprint density at radius 2 is 1.77 bits per heavy atom. The third-order valence-corrected chi connectivity index (χ3v) is 4.58. The highest BCUT2D eigenvalue weighted by Crippen LogP contribution is 2.35. The number of hydrogen-bond donors (Lipinski definition) is 0. The second-order valence-electron chi connectivity index (χ2n) is 6.52. The van der Waals surface area contributed by atoms with E-state index in [0.29, 0.717) is 5.82 Å². The van der Waals surface area contributed by atoms with Crippen LogP contribution in [-0.4, -0.2) is 34.8 Å². The fourth-order valence-corrected chi connectivity index (χ4v) is 3.31. The minimum Gasteiger partial charge on any atom is -0.362 e. The Hall–Kier alpha value is -3.08. The summed E-state index contributed by atoms with van der Waals surface area (Å²) in [5, 5.41) is 0. The van der Waals surface area contributed by atoms with Crippen LogP contribution in [0.4, 0.5) is 10.2 Å². The minimum atomic E-state index is -0.261. The predicted octanol–water partition coefficient (Wildman–Crippen LogP) is 4.02. The Kier molecular flexibility index (Phi) is 4.21. The molecule has 130 valence electrons. The molecule has 0 aliphatic heterocycles. The number of aryl methyl sites for hydroxylation is 1. The summed E-state index contributed by atoms with van der Waals surface area (Å²) in [5.41, 5.74) is 5.33. The van der Waals surface area contributed by atoms with Crippen molar-refractivity contribution >= 4 is 11.7 Å². The summed E-state index contributed by atoms with van der Waals surface area (Å²) in [6.45, 7) is 0. The first-order valence-electron chi connectivity index (χ1n) is 8.57. The van der Waals surface area contributed by atoms with E-state index in [4.69, 9.17) is 4.99 Å². The molecule has 0 amide bonds. The second kappa shape index (κ2) is 6.67.